The number of rotatable bonds is 7. The maximum atomic E-state index is 5.83. The molecule has 2 fully saturated rings. The molecule has 1 saturated carbocycles. The predicted octanol–water partition coefficient (Wildman–Crippen LogP) is 1.72. The molecule has 0 radical (unpaired) electrons. The first-order chi connectivity index (χ1) is 9.85. The number of hydrogen-bond donors (Lipinski definition) is 1. The van der Waals surface area contributed by atoms with Crippen molar-refractivity contribution in [3.63, 3.8) is 0 Å². The summed E-state index contributed by atoms with van der Waals surface area (Å²) in [6, 6.07) is 1.30. The smallest absolute Gasteiger partial charge is 0.318 e. The van der Waals surface area contributed by atoms with E-state index in [4.69, 9.17) is 9.15 Å². The van der Waals surface area contributed by atoms with E-state index in [9.17, 15) is 0 Å². The first kappa shape index (κ1) is 13.8. The van der Waals surface area contributed by atoms with Crippen molar-refractivity contribution in [1.82, 2.24) is 15.5 Å². The van der Waals surface area contributed by atoms with Gasteiger partial charge in [0.25, 0.3) is 0 Å². The standard InChI is InChI=1S/C14H24N4O2/c1-2-8-19-12-4-3-7-18(10-12)14-17-16-13(20-14)9-15-11-5-6-11/h11-12,15H,2-10H2,1H3. The number of nitrogens with zero attached hydrogens (tertiary/aromatic N) is 3. The van der Waals surface area contributed by atoms with Crippen molar-refractivity contribution < 1.29 is 9.15 Å². The second-order valence-corrected chi connectivity index (χ2v) is 5.71. The van der Waals surface area contributed by atoms with Crippen LogP contribution in [0.5, 0.6) is 0 Å². The van der Waals surface area contributed by atoms with Crippen molar-refractivity contribution in [3.8, 4) is 0 Å². The number of nitrogens with one attached hydrogen (secondary N) is 1. The van der Waals surface area contributed by atoms with Crippen molar-refractivity contribution in [3.05, 3.63) is 5.89 Å². The summed E-state index contributed by atoms with van der Waals surface area (Å²) in [6.45, 7) is 5.49. The summed E-state index contributed by atoms with van der Waals surface area (Å²) in [5, 5.41) is 11.7. The summed E-state index contributed by atoms with van der Waals surface area (Å²) in [4.78, 5) is 2.15. The minimum atomic E-state index is 0.295. The summed E-state index contributed by atoms with van der Waals surface area (Å²) in [6.07, 6.45) is 6.14. The highest BCUT2D eigenvalue weighted by molar-refractivity contribution is 5.25. The maximum absolute atomic E-state index is 5.83. The van der Waals surface area contributed by atoms with Crippen LogP contribution < -0.4 is 10.2 Å². The molecule has 0 bridgehead atoms. The minimum Gasteiger partial charge on any atom is -0.407 e. The van der Waals surface area contributed by atoms with E-state index in [1.54, 1.807) is 0 Å². The van der Waals surface area contributed by atoms with Crippen LogP contribution in [-0.2, 0) is 11.3 Å². The Morgan fingerprint density at radius 2 is 2.25 bits per heavy atom. The molecule has 6 nitrogen and oxygen atoms in total. The van der Waals surface area contributed by atoms with Crippen LogP contribution in [0.1, 0.15) is 44.9 Å². The maximum Gasteiger partial charge on any atom is 0.318 e. The zero-order valence-electron chi connectivity index (χ0n) is 12.2. The molecule has 0 amide bonds. The van der Waals surface area contributed by atoms with E-state index in [2.05, 4.69) is 27.3 Å². The lowest BCUT2D eigenvalue weighted by atomic mass is 10.1. The third-order valence-corrected chi connectivity index (χ3v) is 3.78. The molecule has 1 aromatic rings. The second kappa shape index (κ2) is 6.54. The number of aromatic nitrogens is 2. The Kier molecular flexibility index (Phi) is 4.52. The second-order valence-electron chi connectivity index (χ2n) is 5.71. The molecule has 20 heavy (non-hydrogen) atoms. The highest BCUT2D eigenvalue weighted by Gasteiger charge is 2.25. The Balaban J connectivity index is 1.51. The lowest BCUT2D eigenvalue weighted by Crippen LogP contribution is -2.40. The third-order valence-electron chi connectivity index (χ3n) is 3.78. The Hall–Kier alpha value is -1.14. The topological polar surface area (TPSA) is 63.4 Å². The summed E-state index contributed by atoms with van der Waals surface area (Å²) in [5.74, 6) is 0.684. The molecule has 1 aliphatic carbocycles. The lowest BCUT2D eigenvalue weighted by molar-refractivity contribution is 0.0430. The highest BCUT2D eigenvalue weighted by Crippen LogP contribution is 2.22. The van der Waals surface area contributed by atoms with Gasteiger partial charge in [-0.3, -0.25) is 0 Å². The molecule has 1 N–H and O–H groups in total. The van der Waals surface area contributed by atoms with E-state index in [0.29, 0.717) is 30.6 Å². The molecule has 1 saturated heterocycles. The molecular formula is C14H24N4O2. The lowest BCUT2D eigenvalue weighted by Gasteiger charge is -2.31. The quantitative estimate of drug-likeness (QED) is 0.820. The van der Waals surface area contributed by atoms with Gasteiger partial charge in [-0.05, 0) is 32.1 Å². The molecule has 1 atom stereocenters. The summed E-state index contributed by atoms with van der Waals surface area (Å²) >= 11 is 0. The van der Waals surface area contributed by atoms with E-state index in [1.165, 1.54) is 12.8 Å². The monoisotopic (exact) mass is 280 g/mol. The number of piperidine rings is 1. The number of anilines is 1. The van der Waals surface area contributed by atoms with Crippen LogP contribution in [0.15, 0.2) is 4.42 Å². The number of hydrogen-bond acceptors (Lipinski definition) is 6. The van der Waals surface area contributed by atoms with Gasteiger partial charge >= 0.3 is 6.01 Å². The molecule has 2 aliphatic rings. The molecule has 0 spiro atoms. The van der Waals surface area contributed by atoms with Gasteiger partial charge in [-0.25, -0.2) is 0 Å². The van der Waals surface area contributed by atoms with Gasteiger partial charge < -0.3 is 19.4 Å². The average Bonchev–Trinajstić information content (AvgIpc) is 3.20. The van der Waals surface area contributed by atoms with Crippen LogP contribution in [0, 0.1) is 0 Å². The largest absolute Gasteiger partial charge is 0.407 e. The van der Waals surface area contributed by atoms with Crippen LogP contribution in [0.2, 0.25) is 0 Å². The SMILES string of the molecule is CCCOC1CCCN(c2nnc(CNC3CC3)o2)C1. The van der Waals surface area contributed by atoms with Crippen molar-refractivity contribution in [2.75, 3.05) is 24.6 Å². The molecular weight excluding hydrogens is 256 g/mol. The van der Waals surface area contributed by atoms with Gasteiger partial charge in [0, 0.05) is 25.7 Å². The first-order valence-corrected chi connectivity index (χ1v) is 7.77. The Labute approximate surface area is 119 Å². The molecule has 3 rings (SSSR count). The molecule has 0 aromatic carbocycles. The van der Waals surface area contributed by atoms with Crippen molar-refractivity contribution in [1.29, 1.82) is 0 Å². The molecule has 1 aromatic heterocycles. The fourth-order valence-electron chi connectivity index (χ4n) is 2.50. The zero-order chi connectivity index (χ0) is 13.8. The van der Waals surface area contributed by atoms with Crippen LogP contribution in [0.3, 0.4) is 0 Å². The Bertz CT molecular complexity index is 419. The van der Waals surface area contributed by atoms with E-state index in [1.807, 2.05) is 0 Å². The van der Waals surface area contributed by atoms with Crippen LogP contribution in [0.25, 0.3) is 0 Å². The van der Waals surface area contributed by atoms with Crippen molar-refractivity contribution >= 4 is 6.01 Å². The molecule has 112 valence electrons. The van der Waals surface area contributed by atoms with Gasteiger partial charge in [0.2, 0.25) is 5.89 Å². The van der Waals surface area contributed by atoms with E-state index in [-0.39, 0.29) is 0 Å². The molecule has 6 heteroatoms. The molecule has 1 unspecified atom stereocenters. The average molecular weight is 280 g/mol. The van der Waals surface area contributed by atoms with Gasteiger partial charge in [-0.15, -0.1) is 5.10 Å². The van der Waals surface area contributed by atoms with Gasteiger partial charge in [0.15, 0.2) is 0 Å². The van der Waals surface area contributed by atoms with E-state index < -0.39 is 0 Å². The van der Waals surface area contributed by atoms with Crippen LogP contribution in [-0.4, -0.2) is 42.0 Å². The van der Waals surface area contributed by atoms with Crippen molar-refractivity contribution in [2.45, 2.75) is 57.7 Å². The fraction of sp³-hybridized carbons (Fsp3) is 0.857. The molecule has 2 heterocycles. The van der Waals surface area contributed by atoms with Crippen LogP contribution in [0.4, 0.5) is 6.01 Å². The minimum absolute atomic E-state index is 0.295. The normalized spacial score (nSPS) is 23.2. The van der Waals surface area contributed by atoms with Gasteiger partial charge in [-0.2, -0.15) is 0 Å². The van der Waals surface area contributed by atoms with Gasteiger partial charge in [0.1, 0.15) is 0 Å². The van der Waals surface area contributed by atoms with Gasteiger partial charge in [0.05, 0.1) is 12.6 Å². The van der Waals surface area contributed by atoms with E-state index in [0.717, 1.165) is 39.0 Å². The number of ether oxygens (including phenoxy) is 1. The fourth-order valence-corrected chi connectivity index (χ4v) is 2.50. The molecule has 1 aliphatic heterocycles. The first-order valence-electron chi connectivity index (χ1n) is 7.77. The summed E-state index contributed by atoms with van der Waals surface area (Å²) in [7, 11) is 0. The third kappa shape index (κ3) is 3.70. The summed E-state index contributed by atoms with van der Waals surface area (Å²) in [5.41, 5.74) is 0. The highest BCUT2D eigenvalue weighted by atomic mass is 16.5. The predicted molar refractivity (Wildman–Crippen MR) is 75.6 cm³/mol. The van der Waals surface area contributed by atoms with Gasteiger partial charge in [-0.1, -0.05) is 12.0 Å². The summed E-state index contributed by atoms with van der Waals surface area (Å²) < 4.78 is 11.6. The van der Waals surface area contributed by atoms with Crippen molar-refractivity contribution in [2.24, 2.45) is 0 Å². The zero-order valence-corrected chi connectivity index (χ0v) is 12.2. The van der Waals surface area contributed by atoms with Crippen LogP contribution >= 0.6 is 0 Å². The van der Waals surface area contributed by atoms with E-state index >= 15 is 0 Å². The Morgan fingerprint density at radius 3 is 3.05 bits per heavy atom. The Morgan fingerprint density at radius 1 is 1.35 bits per heavy atom.